The zero-order valence-corrected chi connectivity index (χ0v) is 11.7. The molecule has 1 saturated carbocycles. The van der Waals surface area contributed by atoms with E-state index >= 15 is 0 Å². The standard InChI is InChI=1S/C15H19BrO/c16-13-6-5-11(10-13)9-12-7-8-17-15-4-2-1-3-14(12)15/h1-4,11-13H,5-10H2. The summed E-state index contributed by atoms with van der Waals surface area (Å²) >= 11 is 3.75. The van der Waals surface area contributed by atoms with Crippen molar-refractivity contribution in [2.24, 2.45) is 5.92 Å². The van der Waals surface area contributed by atoms with Crippen LogP contribution in [0.5, 0.6) is 5.75 Å². The van der Waals surface area contributed by atoms with Crippen LogP contribution in [0.2, 0.25) is 0 Å². The number of hydrogen-bond donors (Lipinski definition) is 0. The van der Waals surface area contributed by atoms with Gasteiger partial charge in [0.25, 0.3) is 0 Å². The lowest BCUT2D eigenvalue weighted by atomic mass is 9.84. The first kappa shape index (κ1) is 11.6. The Hall–Kier alpha value is -0.500. The van der Waals surface area contributed by atoms with Gasteiger partial charge in [0.15, 0.2) is 0 Å². The summed E-state index contributed by atoms with van der Waals surface area (Å²) in [6.07, 6.45) is 6.66. The van der Waals surface area contributed by atoms with Crippen LogP contribution >= 0.6 is 15.9 Å². The van der Waals surface area contributed by atoms with E-state index in [1.807, 2.05) is 0 Å². The zero-order chi connectivity index (χ0) is 11.7. The smallest absolute Gasteiger partial charge is 0.122 e. The lowest BCUT2D eigenvalue weighted by Gasteiger charge is -2.27. The molecule has 0 amide bonds. The molecule has 1 aliphatic heterocycles. The van der Waals surface area contributed by atoms with Gasteiger partial charge in [-0.05, 0) is 55.6 Å². The van der Waals surface area contributed by atoms with Gasteiger partial charge >= 0.3 is 0 Å². The van der Waals surface area contributed by atoms with Crippen LogP contribution in [-0.4, -0.2) is 11.4 Å². The Bertz CT molecular complexity index is 390. The highest BCUT2D eigenvalue weighted by Crippen LogP contribution is 2.42. The van der Waals surface area contributed by atoms with Gasteiger partial charge in [-0.1, -0.05) is 34.1 Å². The van der Waals surface area contributed by atoms with Crippen molar-refractivity contribution in [2.45, 2.75) is 42.8 Å². The normalized spacial score (nSPS) is 31.9. The van der Waals surface area contributed by atoms with E-state index in [9.17, 15) is 0 Å². The average molecular weight is 295 g/mol. The maximum Gasteiger partial charge on any atom is 0.122 e. The Balaban J connectivity index is 1.72. The number of rotatable bonds is 2. The minimum absolute atomic E-state index is 0.725. The second-order valence-corrected chi connectivity index (χ2v) is 6.68. The Morgan fingerprint density at radius 3 is 2.88 bits per heavy atom. The minimum Gasteiger partial charge on any atom is -0.493 e. The highest BCUT2D eigenvalue weighted by atomic mass is 79.9. The van der Waals surface area contributed by atoms with Crippen molar-refractivity contribution in [3.63, 3.8) is 0 Å². The molecule has 0 N–H and O–H groups in total. The number of benzene rings is 1. The van der Waals surface area contributed by atoms with Crippen molar-refractivity contribution in [1.29, 1.82) is 0 Å². The fourth-order valence-electron chi connectivity index (χ4n) is 3.29. The second-order valence-electron chi connectivity index (χ2n) is 5.38. The molecule has 1 heterocycles. The maximum atomic E-state index is 5.73. The topological polar surface area (TPSA) is 9.23 Å². The van der Waals surface area contributed by atoms with Crippen molar-refractivity contribution in [3.8, 4) is 5.75 Å². The van der Waals surface area contributed by atoms with Gasteiger partial charge in [0, 0.05) is 4.83 Å². The van der Waals surface area contributed by atoms with Gasteiger partial charge < -0.3 is 4.74 Å². The molecule has 0 aromatic heterocycles. The number of fused-ring (bicyclic) bond motifs is 1. The lowest BCUT2D eigenvalue weighted by molar-refractivity contribution is 0.252. The summed E-state index contributed by atoms with van der Waals surface area (Å²) in [7, 11) is 0. The van der Waals surface area contributed by atoms with Crippen LogP contribution in [-0.2, 0) is 0 Å². The van der Waals surface area contributed by atoms with Crippen molar-refractivity contribution < 1.29 is 4.74 Å². The molecule has 0 spiro atoms. The quantitative estimate of drug-likeness (QED) is 0.730. The molecule has 1 aromatic carbocycles. The fourth-order valence-corrected chi connectivity index (χ4v) is 4.08. The van der Waals surface area contributed by atoms with Crippen molar-refractivity contribution in [1.82, 2.24) is 0 Å². The van der Waals surface area contributed by atoms with E-state index in [4.69, 9.17) is 4.74 Å². The molecule has 17 heavy (non-hydrogen) atoms. The molecule has 3 atom stereocenters. The predicted octanol–water partition coefficient (Wildman–Crippen LogP) is 4.51. The van der Waals surface area contributed by atoms with E-state index in [0.29, 0.717) is 0 Å². The summed E-state index contributed by atoms with van der Waals surface area (Å²) < 4.78 is 5.73. The van der Waals surface area contributed by atoms with Gasteiger partial charge in [-0.15, -0.1) is 0 Å². The van der Waals surface area contributed by atoms with Crippen molar-refractivity contribution in [3.05, 3.63) is 29.8 Å². The van der Waals surface area contributed by atoms with Gasteiger partial charge in [-0.2, -0.15) is 0 Å². The third-order valence-corrected chi connectivity index (χ3v) is 5.01. The zero-order valence-electron chi connectivity index (χ0n) is 10.1. The van der Waals surface area contributed by atoms with Crippen LogP contribution < -0.4 is 4.74 Å². The van der Waals surface area contributed by atoms with Crippen LogP contribution in [0.25, 0.3) is 0 Å². The molecular formula is C15H19BrO. The van der Waals surface area contributed by atoms with Crippen molar-refractivity contribution in [2.75, 3.05) is 6.61 Å². The molecule has 1 fully saturated rings. The first-order valence-corrected chi connectivity index (χ1v) is 7.60. The predicted molar refractivity (Wildman–Crippen MR) is 74.0 cm³/mol. The van der Waals surface area contributed by atoms with E-state index in [-0.39, 0.29) is 0 Å². The second kappa shape index (κ2) is 5.01. The molecule has 2 aliphatic rings. The van der Waals surface area contributed by atoms with Crippen LogP contribution in [0.15, 0.2) is 24.3 Å². The Morgan fingerprint density at radius 1 is 1.18 bits per heavy atom. The molecule has 0 radical (unpaired) electrons. The molecule has 1 aliphatic carbocycles. The highest BCUT2D eigenvalue weighted by molar-refractivity contribution is 9.09. The number of ether oxygens (including phenoxy) is 1. The molecule has 2 heteroatoms. The summed E-state index contributed by atoms with van der Waals surface area (Å²) in [5, 5.41) is 0. The lowest BCUT2D eigenvalue weighted by Crippen LogP contribution is -2.16. The van der Waals surface area contributed by atoms with Gasteiger partial charge in [0.1, 0.15) is 5.75 Å². The summed E-state index contributed by atoms with van der Waals surface area (Å²) in [5.74, 6) is 2.76. The SMILES string of the molecule is BrC1CCC(CC2CCOc3ccccc32)C1. The number of halogens is 1. The molecule has 3 unspecified atom stereocenters. The molecule has 1 nitrogen and oxygen atoms in total. The number of alkyl halides is 1. The number of hydrogen-bond acceptors (Lipinski definition) is 1. The van der Waals surface area contributed by atoms with Crippen molar-refractivity contribution >= 4 is 15.9 Å². The van der Waals surface area contributed by atoms with Gasteiger partial charge in [0.2, 0.25) is 0 Å². The first-order chi connectivity index (χ1) is 8.33. The largest absolute Gasteiger partial charge is 0.493 e. The number of para-hydroxylation sites is 1. The molecule has 0 bridgehead atoms. The Morgan fingerprint density at radius 2 is 2.06 bits per heavy atom. The van der Waals surface area contributed by atoms with E-state index < -0.39 is 0 Å². The van der Waals surface area contributed by atoms with Crippen LogP contribution in [0.4, 0.5) is 0 Å². The minimum atomic E-state index is 0.725. The Labute approximate surface area is 112 Å². The molecular weight excluding hydrogens is 276 g/mol. The van der Waals surface area contributed by atoms with E-state index in [2.05, 4.69) is 40.2 Å². The summed E-state index contributed by atoms with van der Waals surface area (Å²) in [5.41, 5.74) is 1.44. The summed E-state index contributed by atoms with van der Waals surface area (Å²) in [6.45, 7) is 0.895. The molecule has 0 saturated heterocycles. The third kappa shape index (κ3) is 2.52. The molecule has 3 rings (SSSR count). The van der Waals surface area contributed by atoms with Crippen LogP contribution in [0, 0.1) is 5.92 Å². The monoisotopic (exact) mass is 294 g/mol. The summed E-state index contributed by atoms with van der Waals surface area (Å²) in [4.78, 5) is 0.766. The highest BCUT2D eigenvalue weighted by Gasteiger charge is 2.28. The van der Waals surface area contributed by atoms with E-state index in [1.165, 1.54) is 37.7 Å². The summed E-state index contributed by atoms with van der Waals surface area (Å²) in [6, 6.07) is 8.58. The van der Waals surface area contributed by atoms with Gasteiger partial charge in [0.05, 0.1) is 6.61 Å². The first-order valence-electron chi connectivity index (χ1n) is 6.68. The van der Waals surface area contributed by atoms with Gasteiger partial charge in [-0.25, -0.2) is 0 Å². The molecule has 92 valence electrons. The van der Waals surface area contributed by atoms with E-state index in [1.54, 1.807) is 0 Å². The Kier molecular flexibility index (Phi) is 3.41. The van der Waals surface area contributed by atoms with E-state index in [0.717, 1.165) is 29.0 Å². The molecule has 1 aromatic rings. The maximum absolute atomic E-state index is 5.73. The fraction of sp³-hybridized carbons (Fsp3) is 0.600. The van der Waals surface area contributed by atoms with Crippen LogP contribution in [0.1, 0.15) is 43.6 Å². The van der Waals surface area contributed by atoms with Gasteiger partial charge in [-0.3, -0.25) is 0 Å². The average Bonchev–Trinajstić information content (AvgIpc) is 2.75. The third-order valence-electron chi connectivity index (χ3n) is 4.18. The van der Waals surface area contributed by atoms with Crippen LogP contribution in [0.3, 0.4) is 0 Å².